The van der Waals surface area contributed by atoms with Gasteiger partial charge in [0.1, 0.15) is 17.3 Å². The van der Waals surface area contributed by atoms with Crippen LogP contribution in [-0.2, 0) is 11.8 Å². The van der Waals surface area contributed by atoms with Gasteiger partial charge in [0.05, 0.1) is 12.7 Å². The molecular formula is C20H18F2N4O3. The molecule has 150 valence electrons. The van der Waals surface area contributed by atoms with Crippen LogP contribution in [0.15, 0.2) is 48.7 Å². The molecule has 1 heterocycles. The zero-order chi connectivity index (χ0) is 21.1. The van der Waals surface area contributed by atoms with E-state index in [2.05, 4.69) is 15.2 Å². The Labute approximate surface area is 165 Å². The van der Waals surface area contributed by atoms with Crippen LogP contribution in [0.2, 0.25) is 0 Å². The lowest BCUT2D eigenvalue weighted by atomic mass is 10.1. The molecule has 3 aromatic rings. The van der Waals surface area contributed by atoms with Crippen molar-refractivity contribution in [1.29, 1.82) is 0 Å². The molecule has 2 aromatic carbocycles. The Balaban J connectivity index is 1.84. The van der Waals surface area contributed by atoms with Gasteiger partial charge in [-0.15, -0.1) is 0 Å². The number of hydrogen-bond acceptors (Lipinski definition) is 4. The zero-order valence-corrected chi connectivity index (χ0v) is 15.9. The number of benzene rings is 2. The summed E-state index contributed by atoms with van der Waals surface area (Å²) in [5.41, 5.74) is 1.29. The summed E-state index contributed by atoms with van der Waals surface area (Å²) >= 11 is 0. The molecule has 0 fully saturated rings. The van der Waals surface area contributed by atoms with E-state index in [-0.39, 0.29) is 16.8 Å². The third-order valence-corrected chi connectivity index (χ3v) is 4.22. The summed E-state index contributed by atoms with van der Waals surface area (Å²) in [4.78, 5) is 25.6. The van der Waals surface area contributed by atoms with Crippen molar-refractivity contribution in [3.8, 4) is 11.3 Å². The Bertz CT molecular complexity index is 1060. The SMILES string of the molecule is COC(=O)N(C)c1ccc(NC(=O)c2cn(C)nc2-c2ccc(F)cc2F)cc1. The van der Waals surface area contributed by atoms with Crippen molar-refractivity contribution in [2.24, 2.45) is 7.05 Å². The monoisotopic (exact) mass is 400 g/mol. The number of hydrogen-bond donors (Lipinski definition) is 1. The molecule has 0 unspecified atom stereocenters. The van der Waals surface area contributed by atoms with Gasteiger partial charge in [-0.2, -0.15) is 5.10 Å². The molecule has 0 radical (unpaired) electrons. The smallest absolute Gasteiger partial charge is 0.413 e. The highest BCUT2D eigenvalue weighted by Crippen LogP contribution is 2.26. The Morgan fingerprint density at radius 2 is 1.83 bits per heavy atom. The third kappa shape index (κ3) is 4.23. The van der Waals surface area contributed by atoms with E-state index in [1.807, 2.05) is 0 Å². The summed E-state index contributed by atoms with van der Waals surface area (Å²) in [6.45, 7) is 0. The molecule has 0 aliphatic heterocycles. The van der Waals surface area contributed by atoms with E-state index < -0.39 is 23.6 Å². The van der Waals surface area contributed by atoms with Crippen molar-refractivity contribution < 1.29 is 23.1 Å². The number of carbonyl (C=O) groups is 2. The molecule has 0 saturated carbocycles. The summed E-state index contributed by atoms with van der Waals surface area (Å²) in [7, 11) is 4.43. The number of ether oxygens (including phenoxy) is 1. The van der Waals surface area contributed by atoms with Crippen molar-refractivity contribution in [3.63, 3.8) is 0 Å². The number of rotatable bonds is 4. The Morgan fingerprint density at radius 3 is 2.45 bits per heavy atom. The quantitative estimate of drug-likeness (QED) is 0.722. The number of methoxy groups -OCH3 is 1. The average Bonchev–Trinajstić information content (AvgIpc) is 3.09. The van der Waals surface area contributed by atoms with Gasteiger partial charge in [0.15, 0.2) is 0 Å². The lowest BCUT2D eigenvalue weighted by Gasteiger charge is -2.16. The van der Waals surface area contributed by atoms with E-state index in [0.717, 1.165) is 12.1 Å². The fourth-order valence-corrected chi connectivity index (χ4v) is 2.74. The zero-order valence-electron chi connectivity index (χ0n) is 15.9. The van der Waals surface area contributed by atoms with Crippen LogP contribution >= 0.6 is 0 Å². The maximum absolute atomic E-state index is 14.2. The van der Waals surface area contributed by atoms with Gasteiger partial charge < -0.3 is 10.1 Å². The van der Waals surface area contributed by atoms with Crippen LogP contribution < -0.4 is 10.2 Å². The summed E-state index contributed by atoms with van der Waals surface area (Å²) in [5, 5.41) is 6.83. The van der Waals surface area contributed by atoms with Gasteiger partial charge >= 0.3 is 6.09 Å². The minimum Gasteiger partial charge on any atom is -0.452 e. The van der Waals surface area contributed by atoms with Crippen LogP contribution in [0, 0.1) is 11.6 Å². The lowest BCUT2D eigenvalue weighted by Crippen LogP contribution is -2.25. The molecular weight excluding hydrogens is 382 g/mol. The number of nitrogens with one attached hydrogen (secondary N) is 1. The highest BCUT2D eigenvalue weighted by Gasteiger charge is 2.20. The number of aryl methyl sites for hydroxylation is 1. The molecule has 2 amide bonds. The highest BCUT2D eigenvalue weighted by atomic mass is 19.1. The van der Waals surface area contributed by atoms with E-state index in [0.29, 0.717) is 11.4 Å². The Kier molecular flexibility index (Phi) is 5.58. The molecule has 9 heteroatoms. The molecule has 1 aromatic heterocycles. The molecule has 0 aliphatic carbocycles. The largest absolute Gasteiger partial charge is 0.452 e. The Morgan fingerprint density at radius 1 is 1.14 bits per heavy atom. The molecule has 3 rings (SSSR count). The van der Waals surface area contributed by atoms with Gasteiger partial charge in [0, 0.05) is 43.3 Å². The van der Waals surface area contributed by atoms with E-state index in [1.54, 1.807) is 38.4 Å². The van der Waals surface area contributed by atoms with Crippen LogP contribution in [0.25, 0.3) is 11.3 Å². The fraction of sp³-hybridized carbons (Fsp3) is 0.150. The molecule has 0 atom stereocenters. The number of halogens is 2. The first-order chi connectivity index (χ1) is 13.8. The number of nitrogens with zero attached hydrogens (tertiary/aromatic N) is 3. The number of carbonyl (C=O) groups excluding carboxylic acids is 2. The first kappa shape index (κ1) is 20.0. The summed E-state index contributed by atoms with van der Waals surface area (Å²) in [6, 6.07) is 9.57. The van der Waals surface area contributed by atoms with Gasteiger partial charge in [0.2, 0.25) is 0 Å². The minimum absolute atomic E-state index is 0.0206. The number of amides is 2. The van der Waals surface area contributed by atoms with Gasteiger partial charge in [-0.3, -0.25) is 14.4 Å². The maximum Gasteiger partial charge on any atom is 0.413 e. The van der Waals surface area contributed by atoms with Gasteiger partial charge in [-0.05, 0) is 36.4 Å². The molecule has 29 heavy (non-hydrogen) atoms. The van der Waals surface area contributed by atoms with Gasteiger partial charge in [0.25, 0.3) is 5.91 Å². The van der Waals surface area contributed by atoms with E-state index >= 15 is 0 Å². The van der Waals surface area contributed by atoms with Crippen LogP contribution in [-0.4, -0.2) is 35.9 Å². The molecule has 7 nitrogen and oxygen atoms in total. The summed E-state index contributed by atoms with van der Waals surface area (Å²) in [6.07, 6.45) is 0.926. The molecule has 1 N–H and O–H groups in total. The second kappa shape index (κ2) is 8.09. The lowest BCUT2D eigenvalue weighted by molar-refractivity contribution is 0.102. The van der Waals surface area contributed by atoms with Gasteiger partial charge in [-0.1, -0.05) is 0 Å². The van der Waals surface area contributed by atoms with Crippen molar-refractivity contribution in [3.05, 3.63) is 65.9 Å². The van der Waals surface area contributed by atoms with Crippen molar-refractivity contribution in [1.82, 2.24) is 9.78 Å². The number of anilines is 2. The third-order valence-electron chi connectivity index (χ3n) is 4.22. The summed E-state index contributed by atoms with van der Waals surface area (Å²) < 4.78 is 33.4. The van der Waals surface area contributed by atoms with Crippen molar-refractivity contribution in [2.45, 2.75) is 0 Å². The van der Waals surface area contributed by atoms with E-state index in [1.165, 1.54) is 29.0 Å². The Hall–Kier alpha value is -3.75. The second-order valence-corrected chi connectivity index (χ2v) is 6.22. The van der Waals surface area contributed by atoms with Crippen LogP contribution in [0.3, 0.4) is 0 Å². The topological polar surface area (TPSA) is 76.5 Å². The maximum atomic E-state index is 14.2. The van der Waals surface area contributed by atoms with Crippen LogP contribution in [0.1, 0.15) is 10.4 Å². The fourth-order valence-electron chi connectivity index (χ4n) is 2.74. The average molecular weight is 400 g/mol. The first-order valence-corrected chi connectivity index (χ1v) is 8.52. The molecule has 0 saturated heterocycles. The molecule has 0 aliphatic rings. The van der Waals surface area contributed by atoms with Crippen LogP contribution in [0.4, 0.5) is 25.0 Å². The number of aromatic nitrogens is 2. The second-order valence-electron chi connectivity index (χ2n) is 6.22. The summed E-state index contributed by atoms with van der Waals surface area (Å²) in [5.74, 6) is -2.04. The van der Waals surface area contributed by atoms with E-state index in [9.17, 15) is 18.4 Å². The minimum atomic E-state index is -0.812. The molecule has 0 spiro atoms. The van der Waals surface area contributed by atoms with E-state index in [4.69, 9.17) is 0 Å². The molecule has 0 bridgehead atoms. The standard InChI is InChI=1S/C20H18F2N4O3/c1-25-11-16(18(24-25)15-9-4-12(21)10-17(15)22)19(27)23-13-5-7-14(8-6-13)26(2)20(28)29-3/h4-11H,1-3H3,(H,23,27). The van der Waals surface area contributed by atoms with Crippen molar-refractivity contribution >= 4 is 23.4 Å². The first-order valence-electron chi connectivity index (χ1n) is 8.52. The normalized spacial score (nSPS) is 10.5. The van der Waals surface area contributed by atoms with Gasteiger partial charge in [-0.25, -0.2) is 13.6 Å². The van der Waals surface area contributed by atoms with Crippen LogP contribution in [0.5, 0.6) is 0 Å². The predicted octanol–water partition coefficient (Wildman–Crippen LogP) is 3.82. The van der Waals surface area contributed by atoms with Crippen molar-refractivity contribution in [2.75, 3.05) is 24.4 Å². The predicted molar refractivity (Wildman–Crippen MR) is 104 cm³/mol. The highest BCUT2D eigenvalue weighted by molar-refractivity contribution is 6.08.